The number of anilines is 3. The van der Waals surface area contributed by atoms with Crippen LogP contribution in [0.3, 0.4) is 0 Å². The molecule has 1 aromatic carbocycles. The summed E-state index contributed by atoms with van der Waals surface area (Å²) in [4.78, 5) is 15.5. The van der Waals surface area contributed by atoms with Crippen LogP contribution in [-0.2, 0) is 0 Å². The summed E-state index contributed by atoms with van der Waals surface area (Å²) >= 11 is 0. The third kappa shape index (κ3) is 4.41. The molecule has 27 heavy (non-hydrogen) atoms. The van der Waals surface area contributed by atoms with Gasteiger partial charge in [-0.25, -0.2) is 4.98 Å². The van der Waals surface area contributed by atoms with E-state index in [-0.39, 0.29) is 0 Å². The molecule has 0 spiro atoms. The Morgan fingerprint density at radius 2 is 1.78 bits per heavy atom. The Hall–Kier alpha value is -2.99. The smallest absolute Gasteiger partial charge is 0.227 e. The van der Waals surface area contributed by atoms with Crippen LogP contribution in [0.1, 0.15) is 13.3 Å². The highest BCUT2D eigenvalue weighted by Gasteiger charge is 2.16. The van der Waals surface area contributed by atoms with Gasteiger partial charge in [-0.3, -0.25) is 4.98 Å². The lowest BCUT2D eigenvalue weighted by Gasteiger charge is -2.22. The van der Waals surface area contributed by atoms with Crippen LogP contribution in [0.2, 0.25) is 0 Å². The van der Waals surface area contributed by atoms with Crippen LogP contribution < -0.4 is 15.5 Å². The van der Waals surface area contributed by atoms with E-state index < -0.39 is 0 Å². The van der Waals surface area contributed by atoms with Gasteiger partial charge in [0.15, 0.2) is 0 Å². The Kier molecular flexibility index (Phi) is 5.25. The molecule has 0 bridgehead atoms. The summed E-state index contributed by atoms with van der Waals surface area (Å²) < 4.78 is 0. The van der Waals surface area contributed by atoms with E-state index in [1.165, 1.54) is 0 Å². The number of aromatic nitrogens is 3. The summed E-state index contributed by atoms with van der Waals surface area (Å²) in [7, 11) is 0. The van der Waals surface area contributed by atoms with Crippen LogP contribution in [0.4, 0.5) is 17.5 Å². The van der Waals surface area contributed by atoms with Crippen LogP contribution in [0.5, 0.6) is 0 Å². The van der Waals surface area contributed by atoms with Crippen molar-refractivity contribution in [3.8, 4) is 11.1 Å². The molecule has 1 unspecified atom stereocenters. The molecular weight excluding hydrogens is 336 g/mol. The third-order valence-corrected chi connectivity index (χ3v) is 4.69. The van der Waals surface area contributed by atoms with Crippen molar-refractivity contribution in [2.45, 2.75) is 19.4 Å². The molecule has 1 fully saturated rings. The highest BCUT2D eigenvalue weighted by molar-refractivity contribution is 5.67. The molecule has 6 nitrogen and oxygen atoms in total. The zero-order chi connectivity index (χ0) is 18.5. The highest BCUT2D eigenvalue weighted by Crippen LogP contribution is 2.23. The minimum atomic E-state index is 0.438. The number of nitrogens with one attached hydrogen (secondary N) is 2. The second kappa shape index (κ2) is 8.14. The van der Waals surface area contributed by atoms with E-state index in [9.17, 15) is 0 Å². The topological polar surface area (TPSA) is 66.0 Å². The predicted octanol–water partition coefficient (Wildman–Crippen LogP) is 3.47. The van der Waals surface area contributed by atoms with Gasteiger partial charge in [-0.05, 0) is 61.3 Å². The molecule has 1 atom stereocenters. The lowest BCUT2D eigenvalue weighted by Crippen LogP contribution is -2.36. The highest BCUT2D eigenvalue weighted by atomic mass is 15.3. The minimum Gasteiger partial charge on any atom is -0.340 e. The normalized spacial score (nSPS) is 17.4. The van der Waals surface area contributed by atoms with E-state index in [0.29, 0.717) is 6.04 Å². The average molecular weight is 360 g/mol. The van der Waals surface area contributed by atoms with E-state index in [1.54, 1.807) is 0 Å². The van der Waals surface area contributed by atoms with Gasteiger partial charge in [0.1, 0.15) is 5.82 Å². The first-order valence-corrected chi connectivity index (χ1v) is 9.37. The van der Waals surface area contributed by atoms with Gasteiger partial charge in [0.25, 0.3) is 0 Å². The maximum absolute atomic E-state index is 4.72. The molecular formula is C21H24N6. The summed E-state index contributed by atoms with van der Waals surface area (Å²) in [6.07, 6.45) is 6.53. The van der Waals surface area contributed by atoms with Crippen molar-refractivity contribution >= 4 is 17.5 Å². The number of hydrogen-bond acceptors (Lipinski definition) is 6. The van der Waals surface area contributed by atoms with Gasteiger partial charge in [0.2, 0.25) is 5.95 Å². The zero-order valence-corrected chi connectivity index (χ0v) is 15.5. The Balaban J connectivity index is 1.48. The van der Waals surface area contributed by atoms with Crippen LogP contribution in [0.15, 0.2) is 61.1 Å². The second-order valence-electron chi connectivity index (χ2n) is 6.83. The fourth-order valence-electron chi connectivity index (χ4n) is 3.30. The standard InChI is InChI=1S/C21H24N6/c1-16-15-27(14-2-10-23-16)21-24-13-9-20(26-21)25-19-5-3-17(4-6-19)18-7-11-22-12-8-18/h3-9,11-13,16,23H,2,10,14-15H2,1H3,(H,24,25,26). The van der Waals surface area contributed by atoms with Crippen LogP contribution in [0, 0.1) is 0 Å². The molecule has 0 aliphatic carbocycles. The molecule has 0 saturated carbocycles. The maximum Gasteiger partial charge on any atom is 0.227 e. The van der Waals surface area contributed by atoms with E-state index in [2.05, 4.69) is 56.7 Å². The van der Waals surface area contributed by atoms with E-state index >= 15 is 0 Å². The van der Waals surface area contributed by atoms with Gasteiger partial charge in [0.05, 0.1) is 0 Å². The van der Waals surface area contributed by atoms with Crippen LogP contribution in [-0.4, -0.2) is 40.6 Å². The lowest BCUT2D eigenvalue weighted by atomic mass is 10.1. The van der Waals surface area contributed by atoms with Crippen molar-refractivity contribution in [2.24, 2.45) is 0 Å². The quantitative estimate of drug-likeness (QED) is 0.743. The molecule has 3 aromatic rings. The van der Waals surface area contributed by atoms with Crippen LogP contribution >= 0.6 is 0 Å². The molecule has 0 radical (unpaired) electrons. The first kappa shape index (κ1) is 17.4. The van der Waals surface area contributed by atoms with Crippen molar-refractivity contribution in [1.29, 1.82) is 0 Å². The van der Waals surface area contributed by atoms with E-state index in [1.807, 2.05) is 36.8 Å². The largest absolute Gasteiger partial charge is 0.340 e. The summed E-state index contributed by atoms with van der Waals surface area (Å²) in [6.45, 7) is 5.13. The minimum absolute atomic E-state index is 0.438. The number of hydrogen-bond donors (Lipinski definition) is 2. The van der Waals surface area contributed by atoms with Crippen molar-refractivity contribution in [3.05, 3.63) is 61.1 Å². The number of benzene rings is 1. The Labute approximate surface area is 159 Å². The van der Waals surface area contributed by atoms with Gasteiger partial charge in [0, 0.05) is 43.4 Å². The second-order valence-corrected chi connectivity index (χ2v) is 6.83. The monoisotopic (exact) mass is 360 g/mol. The molecule has 3 heterocycles. The number of nitrogens with zero attached hydrogens (tertiary/aromatic N) is 4. The summed E-state index contributed by atoms with van der Waals surface area (Å²) in [5, 5.41) is 6.88. The van der Waals surface area contributed by atoms with Crippen molar-refractivity contribution < 1.29 is 0 Å². The summed E-state index contributed by atoms with van der Waals surface area (Å²) in [5.41, 5.74) is 3.32. The van der Waals surface area contributed by atoms with Gasteiger partial charge in [-0.2, -0.15) is 4.98 Å². The van der Waals surface area contributed by atoms with Gasteiger partial charge in [-0.15, -0.1) is 0 Å². The third-order valence-electron chi connectivity index (χ3n) is 4.69. The number of rotatable bonds is 4. The lowest BCUT2D eigenvalue weighted by molar-refractivity contribution is 0.582. The van der Waals surface area contributed by atoms with Crippen molar-refractivity contribution in [2.75, 3.05) is 29.9 Å². The Morgan fingerprint density at radius 1 is 1.00 bits per heavy atom. The van der Waals surface area contributed by atoms with E-state index in [4.69, 9.17) is 4.98 Å². The van der Waals surface area contributed by atoms with Crippen LogP contribution in [0.25, 0.3) is 11.1 Å². The molecule has 6 heteroatoms. The molecule has 1 aliphatic rings. The predicted molar refractivity (Wildman–Crippen MR) is 109 cm³/mol. The zero-order valence-electron chi connectivity index (χ0n) is 15.5. The molecule has 138 valence electrons. The SMILES string of the molecule is CC1CN(c2nccc(Nc3ccc(-c4ccncc4)cc3)n2)CCCN1. The summed E-state index contributed by atoms with van der Waals surface area (Å²) in [6, 6.07) is 14.7. The van der Waals surface area contributed by atoms with Gasteiger partial charge in [-0.1, -0.05) is 12.1 Å². The molecule has 1 aliphatic heterocycles. The first-order chi connectivity index (χ1) is 13.3. The van der Waals surface area contributed by atoms with E-state index in [0.717, 1.165) is 54.6 Å². The Morgan fingerprint density at radius 3 is 2.59 bits per heavy atom. The number of pyridine rings is 1. The molecule has 2 N–H and O–H groups in total. The van der Waals surface area contributed by atoms with Gasteiger partial charge < -0.3 is 15.5 Å². The Bertz CT molecular complexity index is 865. The van der Waals surface area contributed by atoms with Crippen molar-refractivity contribution in [1.82, 2.24) is 20.3 Å². The van der Waals surface area contributed by atoms with Gasteiger partial charge >= 0.3 is 0 Å². The fraction of sp³-hybridized carbons (Fsp3) is 0.286. The fourth-order valence-corrected chi connectivity index (χ4v) is 3.30. The molecule has 2 aromatic heterocycles. The molecule has 4 rings (SSSR count). The van der Waals surface area contributed by atoms with Crippen molar-refractivity contribution in [3.63, 3.8) is 0 Å². The summed E-state index contributed by atoms with van der Waals surface area (Å²) in [5.74, 6) is 1.59. The maximum atomic E-state index is 4.72. The average Bonchev–Trinajstić information content (AvgIpc) is 2.94. The molecule has 0 amide bonds. The first-order valence-electron chi connectivity index (χ1n) is 9.37. The molecule has 1 saturated heterocycles.